The fourth-order valence-electron chi connectivity index (χ4n) is 2.35. The summed E-state index contributed by atoms with van der Waals surface area (Å²) >= 11 is 0. The van der Waals surface area contributed by atoms with Gasteiger partial charge in [-0.1, -0.05) is 6.07 Å². The molecule has 1 aromatic carbocycles. The van der Waals surface area contributed by atoms with Crippen LogP contribution in [0.5, 0.6) is 5.75 Å². The molecule has 17 heavy (non-hydrogen) atoms. The van der Waals surface area contributed by atoms with Crippen molar-refractivity contribution in [2.45, 2.75) is 31.3 Å². The number of rotatable bonds is 3. The minimum Gasteiger partial charge on any atom is -0.493 e. The number of benzene rings is 1. The van der Waals surface area contributed by atoms with Gasteiger partial charge in [0.15, 0.2) is 0 Å². The van der Waals surface area contributed by atoms with Gasteiger partial charge in [0.25, 0.3) is 0 Å². The smallest absolute Gasteiger partial charge is 0.336 e. The lowest BCUT2D eigenvalue weighted by Crippen LogP contribution is -2.30. The summed E-state index contributed by atoms with van der Waals surface area (Å²) in [5.41, 5.74) is 1.18. The van der Waals surface area contributed by atoms with E-state index in [1.165, 1.54) is 12.8 Å². The molecule has 1 atom stereocenters. The van der Waals surface area contributed by atoms with Gasteiger partial charge in [0.2, 0.25) is 0 Å². The Morgan fingerprint density at radius 3 is 2.88 bits per heavy atom. The van der Waals surface area contributed by atoms with Gasteiger partial charge in [-0.15, -0.1) is 0 Å². The summed E-state index contributed by atoms with van der Waals surface area (Å²) in [5.74, 6) is -0.163. The Morgan fingerprint density at radius 2 is 2.18 bits per heavy atom. The van der Waals surface area contributed by atoms with Crippen LogP contribution in [-0.2, 0) is 0 Å². The molecule has 0 radical (unpaired) electrons. The fourth-order valence-corrected chi connectivity index (χ4v) is 2.35. The molecule has 1 aromatic rings. The van der Waals surface area contributed by atoms with Crippen LogP contribution in [-0.4, -0.2) is 23.7 Å². The van der Waals surface area contributed by atoms with E-state index in [2.05, 4.69) is 5.32 Å². The molecule has 0 aromatic heterocycles. The standard InChI is InChI=1S/C13H15NO3/c15-13(16)9-2-1-3-11-12(9)10(6-7-17-11)14-8-4-5-8/h1-3,8,10,14H,4-7H2,(H,15,16). The molecule has 0 amide bonds. The lowest BCUT2D eigenvalue weighted by molar-refractivity contribution is 0.0692. The second kappa shape index (κ2) is 4.04. The van der Waals surface area contributed by atoms with Gasteiger partial charge in [0, 0.05) is 24.1 Å². The molecule has 0 spiro atoms. The van der Waals surface area contributed by atoms with Crippen LogP contribution in [0.1, 0.15) is 41.2 Å². The van der Waals surface area contributed by atoms with Crippen LogP contribution in [0.25, 0.3) is 0 Å². The largest absolute Gasteiger partial charge is 0.493 e. The first-order valence-corrected chi connectivity index (χ1v) is 6.01. The maximum absolute atomic E-state index is 11.2. The van der Waals surface area contributed by atoms with Crippen molar-refractivity contribution in [3.05, 3.63) is 29.3 Å². The van der Waals surface area contributed by atoms with Gasteiger partial charge in [0.1, 0.15) is 5.75 Å². The van der Waals surface area contributed by atoms with Gasteiger partial charge < -0.3 is 15.2 Å². The van der Waals surface area contributed by atoms with E-state index >= 15 is 0 Å². The molecule has 3 rings (SSSR count). The molecule has 4 nitrogen and oxygen atoms in total. The summed E-state index contributed by atoms with van der Waals surface area (Å²) in [6.45, 7) is 0.653. The Labute approximate surface area is 99.6 Å². The molecule has 90 valence electrons. The van der Waals surface area contributed by atoms with Crippen LogP contribution < -0.4 is 10.1 Å². The number of carboxylic acids is 1. The van der Waals surface area contributed by atoms with Gasteiger partial charge in [-0.05, 0) is 25.0 Å². The molecule has 2 N–H and O–H groups in total. The highest BCUT2D eigenvalue weighted by Gasteiger charge is 2.31. The normalized spacial score (nSPS) is 22.7. The van der Waals surface area contributed by atoms with Gasteiger partial charge in [-0.3, -0.25) is 0 Å². The molecule has 1 heterocycles. The van der Waals surface area contributed by atoms with E-state index in [4.69, 9.17) is 4.74 Å². The van der Waals surface area contributed by atoms with Gasteiger partial charge in [-0.2, -0.15) is 0 Å². The summed E-state index contributed by atoms with van der Waals surface area (Å²) in [7, 11) is 0. The molecule has 1 fully saturated rings. The average Bonchev–Trinajstić information content (AvgIpc) is 3.12. The first-order chi connectivity index (χ1) is 8.25. The van der Waals surface area contributed by atoms with Gasteiger partial charge in [-0.25, -0.2) is 4.79 Å². The van der Waals surface area contributed by atoms with Crippen molar-refractivity contribution in [3.63, 3.8) is 0 Å². The lowest BCUT2D eigenvalue weighted by Gasteiger charge is -2.28. The van der Waals surface area contributed by atoms with Crippen molar-refractivity contribution in [3.8, 4) is 5.75 Å². The Hall–Kier alpha value is -1.55. The zero-order valence-electron chi connectivity index (χ0n) is 9.48. The molecule has 4 heteroatoms. The zero-order valence-corrected chi connectivity index (χ0v) is 9.48. The quantitative estimate of drug-likeness (QED) is 0.838. The molecule has 1 saturated carbocycles. The number of hydrogen-bond acceptors (Lipinski definition) is 3. The minimum atomic E-state index is -0.880. The summed E-state index contributed by atoms with van der Waals surface area (Å²) in [6, 6.07) is 5.92. The monoisotopic (exact) mass is 233 g/mol. The van der Waals surface area contributed by atoms with Gasteiger partial charge >= 0.3 is 5.97 Å². The predicted molar refractivity (Wildman–Crippen MR) is 62.4 cm³/mol. The van der Waals surface area contributed by atoms with Crippen LogP contribution in [0.2, 0.25) is 0 Å². The molecule has 2 aliphatic rings. The van der Waals surface area contributed by atoms with Crippen LogP contribution in [0.15, 0.2) is 18.2 Å². The number of aromatic carboxylic acids is 1. The molecular weight excluding hydrogens is 218 g/mol. The van der Waals surface area contributed by atoms with Crippen molar-refractivity contribution < 1.29 is 14.6 Å². The van der Waals surface area contributed by atoms with Crippen molar-refractivity contribution >= 4 is 5.97 Å². The third-order valence-corrected chi connectivity index (χ3v) is 3.32. The molecule has 1 unspecified atom stereocenters. The van der Waals surface area contributed by atoms with Crippen LogP contribution in [0.4, 0.5) is 0 Å². The highest BCUT2D eigenvalue weighted by Crippen LogP contribution is 2.36. The minimum absolute atomic E-state index is 0.124. The van der Waals surface area contributed by atoms with E-state index in [-0.39, 0.29) is 6.04 Å². The molecule has 1 aliphatic heterocycles. The van der Waals surface area contributed by atoms with Crippen molar-refractivity contribution in [2.24, 2.45) is 0 Å². The zero-order chi connectivity index (χ0) is 11.8. The summed E-state index contributed by atoms with van der Waals surface area (Å²) in [5, 5.41) is 12.7. The SMILES string of the molecule is O=C(O)c1cccc2c1C(NC1CC1)CCO2. The number of carbonyl (C=O) groups is 1. The van der Waals surface area contributed by atoms with Crippen LogP contribution in [0.3, 0.4) is 0 Å². The first-order valence-electron chi connectivity index (χ1n) is 6.01. The van der Waals surface area contributed by atoms with E-state index in [1.54, 1.807) is 12.1 Å². The Kier molecular flexibility index (Phi) is 2.52. The Morgan fingerprint density at radius 1 is 1.35 bits per heavy atom. The second-order valence-electron chi connectivity index (χ2n) is 4.65. The number of carboxylic acid groups (broad SMARTS) is 1. The maximum Gasteiger partial charge on any atom is 0.336 e. The van der Waals surface area contributed by atoms with Crippen molar-refractivity contribution in [2.75, 3.05) is 6.61 Å². The van der Waals surface area contributed by atoms with Crippen LogP contribution in [0, 0.1) is 0 Å². The molecule has 0 saturated heterocycles. The van der Waals surface area contributed by atoms with E-state index in [9.17, 15) is 9.90 Å². The summed E-state index contributed by atoms with van der Waals surface area (Å²) in [4.78, 5) is 11.2. The van der Waals surface area contributed by atoms with E-state index in [0.717, 1.165) is 12.0 Å². The van der Waals surface area contributed by atoms with Gasteiger partial charge in [0.05, 0.1) is 12.2 Å². The van der Waals surface area contributed by atoms with E-state index < -0.39 is 5.97 Å². The maximum atomic E-state index is 11.2. The van der Waals surface area contributed by atoms with Crippen molar-refractivity contribution in [1.82, 2.24) is 5.32 Å². The number of nitrogens with one attached hydrogen (secondary N) is 1. The molecule has 1 aliphatic carbocycles. The highest BCUT2D eigenvalue weighted by molar-refractivity contribution is 5.90. The first kappa shape index (κ1) is 10.6. The third-order valence-electron chi connectivity index (χ3n) is 3.32. The van der Waals surface area contributed by atoms with Crippen molar-refractivity contribution in [1.29, 1.82) is 0 Å². The summed E-state index contributed by atoms with van der Waals surface area (Å²) < 4.78 is 5.54. The fraction of sp³-hybridized carbons (Fsp3) is 0.462. The second-order valence-corrected chi connectivity index (χ2v) is 4.65. The third kappa shape index (κ3) is 2.00. The predicted octanol–water partition coefficient (Wildman–Crippen LogP) is 1.96. The van der Waals surface area contributed by atoms with Crippen LogP contribution >= 0.6 is 0 Å². The van der Waals surface area contributed by atoms with E-state index in [1.807, 2.05) is 6.07 Å². The number of fused-ring (bicyclic) bond motifs is 1. The topological polar surface area (TPSA) is 58.6 Å². The molecular formula is C13H15NO3. The van der Waals surface area contributed by atoms with E-state index in [0.29, 0.717) is 24.0 Å². The highest BCUT2D eigenvalue weighted by atomic mass is 16.5. The average molecular weight is 233 g/mol. The number of ether oxygens (including phenoxy) is 1. The Bertz CT molecular complexity index is 454. The summed E-state index contributed by atoms with van der Waals surface area (Å²) in [6.07, 6.45) is 3.23. The molecule has 0 bridgehead atoms. The lowest BCUT2D eigenvalue weighted by atomic mass is 9.95. The number of hydrogen-bond donors (Lipinski definition) is 2. The Balaban J connectivity index is 1.99.